The molecule has 3 N–H and O–H groups in total. The Morgan fingerprint density at radius 1 is 1.36 bits per heavy atom. The van der Waals surface area contributed by atoms with Gasteiger partial charge in [0.2, 0.25) is 0 Å². The molecule has 1 aliphatic heterocycles. The van der Waals surface area contributed by atoms with Crippen LogP contribution in [0.5, 0.6) is 5.75 Å². The number of aliphatic hydroxyl groups excluding tert-OH is 1. The first-order valence-electron chi connectivity index (χ1n) is 8.13. The third-order valence-electron chi connectivity index (χ3n) is 3.97. The van der Waals surface area contributed by atoms with Gasteiger partial charge in [-0.15, -0.1) is 0 Å². The molecule has 1 saturated heterocycles. The maximum atomic E-state index is 12.5. The SMILES string of the molecule is CP(=O)(OC[C@H]1O[C@@H](n2ccc(N)nc2=O)C(Cl)(Cl)[C@@H]1O)Oc1ccccc1. The Kier molecular flexibility index (Phi) is 6.05. The summed E-state index contributed by atoms with van der Waals surface area (Å²) in [4.78, 5) is 15.6. The summed E-state index contributed by atoms with van der Waals surface area (Å²) in [6.07, 6.45) is -2.47. The molecule has 9 nitrogen and oxygen atoms in total. The molecule has 1 aromatic heterocycles. The fourth-order valence-corrected chi connectivity index (χ4v) is 4.19. The average Bonchev–Trinajstić information content (AvgIpc) is 2.84. The summed E-state index contributed by atoms with van der Waals surface area (Å²) in [5, 5.41) is 10.4. The molecule has 12 heteroatoms. The fraction of sp³-hybridized carbons (Fsp3) is 0.375. The normalized spacial score (nSPS) is 25.9. The van der Waals surface area contributed by atoms with Crippen LogP contribution in [0.15, 0.2) is 47.4 Å². The van der Waals surface area contributed by atoms with Crippen LogP contribution in [0.1, 0.15) is 6.23 Å². The number of rotatable bonds is 6. The van der Waals surface area contributed by atoms with Crippen molar-refractivity contribution in [3.8, 4) is 5.75 Å². The van der Waals surface area contributed by atoms with Crippen LogP contribution in [-0.4, -0.2) is 44.5 Å². The maximum Gasteiger partial charge on any atom is 0.376 e. The average molecular weight is 450 g/mol. The maximum absolute atomic E-state index is 12.5. The van der Waals surface area contributed by atoms with E-state index in [0.717, 1.165) is 4.57 Å². The van der Waals surface area contributed by atoms with E-state index >= 15 is 0 Å². The number of hydrogen-bond acceptors (Lipinski definition) is 8. The molecule has 0 bridgehead atoms. The smallest absolute Gasteiger partial charge is 0.376 e. The number of benzene rings is 1. The lowest BCUT2D eigenvalue weighted by atomic mass is 10.2. The highest BCUT2D eigenvalue weighted by Gasteiger charge is 2.56. The second-order valence-electron chi connectivity index (χ2n) is 6.16. The van der Waals surface area contributed by atoms with Gasteiger partial charge in [-0.3, -0.25) is 9.09 Å². The summed E-state index contributed by atoms with van der Waals surface area (Å²) in [5.74, 6) is 0.377. The molecule has 0 radical (unpaired) electrons. The molecular formula is C16H18Cl2N3O6P. The quantitative estimate of drug-likeness (QED) is 0.507. The molecule has 0 spiro atoms. The van der Waals surface area contributed by atoms with Crippen molar-refractivity contribution in [2.45, 2.75) is 22.8 Å². The summed E-state index contributed by atoms with van der Waals surface area (Å²) >= 11 is 12.4. The molecule has 1 aromatic carbocycles. The monoisotopic (exact) mass is 449 g/mol. The number of nitrogens with zero attached hydrogens (tertiary/aromatic N) is 2. The third-order valence-corrected chi connectivity index (χ3v) is 5.95. The van der Waals surface area contributed by atoms with E-state index in [1.807, 2.05) is 0 Å². The highest BCUT2D eigenvalue weighted by Crippen LogP contribution is 2.49. The molecule has 0 amide bonds. The third kappa shape index (κ3) is 4.51. The van der Waals surface area contributed by atoms with E-state index in [1.165, 1.54) is 18.9 Å². The summed E-state index contributed by atoms with van der Waals surface area (Å²) in [6.45, 7) is 0.943. The first-order valence-corrected chi connectivity index (χ1v) is 10.9. The van der Waals surface area contributed by atoms with Crippen molar-refractivity contribution in [3.63, 3.8) is 0 Å². The summed E-state index contributed by atoms with van der Waals surface area (Å²) in [6, 6.07) is 9.83. The number of aliphatic hydroxyl groups is 1. The van der Waals surface area contributed by atoms with Crippen LogP contribution in [0, 0.1) is 0 Å². The largest absolute Gasteiger partial charge is 0.425 e. The summed E-state index contributed by atoms with van der Waals surface area (Å²) in [7, 11) is -3.52. The Hall–Kier alpha value is -1.61. The van der Waals surface area contributed by atoms with Crippen molar-refractivity contribution < 1.29 is 23.5 Å². The molecule has 1 unspecified atom stereocenters. The van der Waals surface area contributed by atoms with Crippen LogP contribution in [0.25, 0.3) is 0 Å². The van der Waals surface area contributed by atoms with Crippen molar-refractivity contribution in [2.75, 3.05) is 19.0 Å². The molecule has 152 valence electrons. The van der Waals surface area contributed by atoms with E-state index in [4.69, 9.17) is 42.7 Å². The lowest BCUT2D eigenvalue weighted by molar-refractivity contribution is -0.0422. The zero-order valence-corrected chi connectivity index (χ0v) is 17.1. The highest BCUT2D eigenvalue weighted by molar-refractivity contribution is 7.53. The number of ether oxygens (including phenoxy) is 1. The van der Waals surface area contributed by atoms with Gasteiger partial charge in [-0.1, -0.05) is 41.4 Å². The number of nitrogen functional groups attached to an aromatic ring is 1. The topological polar surface area (TPSA) is 126 Å². The molecule has 0 aliphatic carbocycles. The predicted molar refractivity (Wildman–Crippen MR) is 104 cm³/mol. The summed E-state index contributed by atoms with van der Waals surface area (Å²) < 4.78 is 27.9. The van der Waals surface area contributed by atoms with Crippen LogP contribution >= 0.6 is 30.8 Å². The van der Waals surface area contributed by atoms with Gasteiger partial charge in [-0.25, -0.2) is 9.36 Å². The van der Waals surface area contributed by atoms with E-state index < -0.39 is 36.1 Å². The van der Waals surface area contributed by atoms with E-state index in [0.29, 0.717) is 5.75 Å². The molecular weight excluding hydrogens is 432 g/mol. The Morgan fingerprint density at radius 2 is 2.04 bits per heavy atom. The standard InChI is InChI=1S/C16H18Cl2N3O6P/c1-28(24,27-10-5-3-2-4-6-10)25-9-11-13(22)16(17,18)14(26-11)21-8-7-12(19)20-15(21)23/h2-8,11,13-14,22H,9H2,1H3,(H2,19,20,23)/t11-,13-,14-,28?/m1/s1. The van der Waals surface area contributed by atoms with Crippen LogP contribution < -0.4 is 15.9 Å². The minimum Gasteiger partial charge on any atom is -0.425 e. The first-order chi connectivity index (χ1) is 13.1. The van der Waals surface area contributed by atoms with Crippen LogP contribution in [0.3, 0.4) is 0 Å². The minimum absolute atomic E-state index is 0.0133. The number of halogens is 2. The van der Waals surface area contributed by atoms with Gasteiger partial charge in [-0.05, 0) is 18.2 Å². The van der Waals surface area contributed by atoms with Crippen molar-refractivity contribution in [2.24, 2.45) is 0 Å². The molecule has 2 aromatic rings. The Bertz CT molecular complexity index is 941. The number of nitrogens with two attached hydrogens (primary N) is 1. The highest BCUT2D eigenvalue weighted by atomic mass is 35.5. The number of aromatic nitrogens is 2. The minimum atomic E-state index is -3.52. The van der Waals surface area contributed by atoms with Crippen LogP contribution in [0.2, 0.25) is 0 Å². The zero-order valence-electron chi connectivity index (χ0n) is 14.6. The van der Waals surface area contributed by atoms with Crippen molar-refractivity contribution in [1.82, 2.24) is 9.55 Å². The van der Waals surface area contributed by atoms with Gasteiger partial charge >= 0.3 is 13.3 Å². The molecule has 2 heterocycles. The van der Waals surface area contributed by atoms with E-state index in [9.17, 15) is 14.5 Å². The van der Waals surface area contributed by atoms with Gasteiger partial charge in [0.05, 0.1) is 6.61 Å². The van der Waals surface area contributed by atoms with Crippen LogP contribution in [-0.2, 0) is 13.8 Å². The number of para-hydroxylation sites is 1. The van der Waals surface area contributed by atoms with Gasteiger partial charge < -0.3 is 20.1 Å². The summed E-state index contributed by atoms with van der Waals surface area (Å²) in [5.41, 5.74) is 4.71. The Labute approximate surface area is 170 Å². The van der Waals surface area contributed by atoms with E-state index in [-0.39, 0.29) is 12.4 Å². The second-order valence-corrected chi connectivity index (χ2v) is 9.59. The first kappa shape index (κ1) is 21.1. The number of anilines is 1. The van der Waals surface area contributed by atoms with Gasteiger partial charge in [0.15, 0.2) is 10.6 Å². The van der Waals surface area contributed by atoms with Gasteiger partial charge in [-0.2, -0.15) is 4.98 Å². The molecule has 1 fully saturated rings. The predicted octanol–water partition coefficient (Wildman–Crippen LogP) is 2.18. The Morgan fingerprint density at radius 3 is 2.68 bits per heavy atom. The number of hydrogen-bond donors (Lipinski definition) is 2. The number of alkyl halides is 2. The zero-order chi connectivity index (χ0) is 20.5. The van der Waals surface area contributed by atoms with Gasteiger partial charge in [0.25, 0.3) is 0 Å². The van der Waals surface area contributed by atoms with Gasteiger partial charge in [0.1, 0.15) is 23.8 Å². The van der Waals surface area contributed by atoms with E-state index in [1.54, 1.807) is 30.3 Å². The van der Waals surface area contributed by atoms with Crippen molar-refractivity contribution >= 4 is 36.6 Å². The van der Waals surface area contributed by atoms with Crippen LogP contribution in [0.4, 0.5) is 5.82 Å². The Balaban J connectivity index is 1.71. The van der Waals surface area contributed by atoms with Gasteiger partial charge in [0, 0.05) is 12.9 Å². The molecule has 4 atom stereocenters. The molecule has 3 rings (SSSR count). The molecule has 28 heavy (non-hydrogen) atoms. The van der Waals surface area contributed by atoms with Crippen molar-refractivity contribution in [1.29, 1.82) is 0 Å². The lowest BCUT2D eigenvalue weighted by Gasteiger charge is -2.24. The van der Waals surface area contributed by atoms with E-state index in [2.05, 4.69) is 4.98 Å². The molecule has 0 saturated carbocycles. The van der Waals surface area contributed by atoms with Crippen molar-refractivity contribution in [3.05, 3.63) is 53.1 Å². The second kappa shape index (κ2) is 8.02. The lowest BCUT2D eigenvalue weighted by Crippen LogP contribution is -2.40. The fourth-order valence-electron chi connectivity index (χ4n) is 2.62. The molecule has 1 aliphatic rings.